The first kappa shape index (κ1) is 22.1. The number of amides is 3. The molecule has 9 heteroatoms. The Kier molecular flexibility index (Phi) is 7.26. The van der Waals surface area contributed by atoms with Gasteiger partial charge in [-0.2, -0.15) is 11.8 Å². The molecule has 0 bridgehead atoms. The van der Waals surface area contributed by atoms with Gasteiger partial charge in [-0.3, -0.25) is 9.20 Å². The van der Waals surface area contributed by atoms with Crippen LogP contribution in [-0.4, -0.2) is 56.5 Å². The Hall–Kier alpha value is -3.07. The van der Waals surface area contributed by atoms with Crippen LogP contribution in [0.4, 0.5) is 10.5 Å². The molecule has 0 spiro atoms. The summed E-state index contributed by atoms with van der Waals surface area (Å²) in [5.74, 6) is 1.34. The molecule has 8 nitrogen and oxygen atoms in total. The molecule has 1 fully saturated rings. The normalized spacial score (nSPS) is 17.2. The zero-order chi connectivity index (χ0) is 22.3. The smallest absolute Gasteiger partial charge is 0.321 e. The largest absolute Gasteiger partial charge is 0.346 e. The maximum Gasteiger partial charge on any atom is 0.321 e. The molecule has 1 aliphatic heterocycles. The van der Waals surface area contributed by atoms with Crippen LogP contribution in [0, 0.1) is 5.92 Å². The molecule has 168 valence electrons. The highest BCUT2D eigenvalue weighted by Gasteiger charge is 2.30. The molecular formula is C23H28N6O2S. The van der Waals surface area contributed by atoms with Crippen molar-refractivity contribution in [2.45, 2.75) is 25.3 Å². The van der Waals surface area contributed by atoms with Crippen LogP contribution in [0.1, 0.15) is 31.1 Å². The molecule has 1 saturated heterocycles. The molecule has 32 heavy (non-hydrogen) atoms. The Morgan fingerprint density at radius 2 is 1.97 bits per heavy atom. The number of hydrogen-bond donors (Lipinski definition) is 2. The van der Waals surface area contributed by atoms with Crippen LogP contribution in [0.3, 0.4) is 0 Å². The Morgan fingerprint density at radius 3 is 2.78 bits per heavy atom. The number of thioether (sulfide) groups is 1. The molecule has 0 saturated carbocycles. The van der Waals surface area contributed by atoms with Gasteiger partial charge in [0.2, 0.25) is 5.91 Å². The van der Waals surface area contributed by atoms with Crippen LogP contribution < -0.4 is 10.6 Å². The minimum atomic E-state index is -0.249. The van der Waals surface area contributed by atoms with E-state index in [2.05, 4.69) is 20.8 Å². The third kappa shape index (κ3) is 5.21. The maximum atomic E-state index is 13.2. The van der Waals surface area contributed by atoms with Crippen molar-refractivity contribution in [3.8, 4) is 0 Å². The summed E-state index contributed by atoms with van der Waals surface area (Å²) in [5, 5.41) is 14.7. The van der Waals surface area contributed by atoms with E-state index in [0.29, 0.717) is 13.1 Å². The van der Waals surface area contributed by atoms with Crippen LogP contribution >= 0.6 is 11.8 Å². The Morgan fingerprint density at radius 1 is 1.16 bits per heavy atom. The van der Waals surface area contributed by atoms with Crippen molar-refractivity contribution in [1.82, 2.24) is 24.8 Å². The highest BCUT2D eigenvalue weighted by atomic mass is 32.2. The highest BCUT2D eigenvalue weighted by molar-refractivity contribution is 7.98. The molecule has 2 unspecified atom stereocenters. The van der Waals surface area contributed by atoms with Gasteiger partial charge < -0.3 is 15.5 Å². The number of piperidine rings is 1. The van der Waals surface area contributed by atoms with Crippen molar-refractivity contribution in [3.05, 3.63) is 60.6 Å². The van der Waals surface area contributed by atoms with E-state index in [4.69, 9.17) is 0 Å². The van der Waals surface area contributed by atoms with Crippen LogP contribution in [-0.2, 0) is 4.79 Å². The SMILES string of the molecule is CSCCC(NC(=O)C1CCCN(C(=O)Nc2ccccc2)C1)c1nnc2ccccn12. The van der Waals surface area contributed by atoms with Crippen LogP contribution in [0.25, 0.3) is 5.65 Å². The molecule has 0 radical (unpaired) electrons. The number of fused-ring (bicyclic) bond motifs is 1. The third-order valence-electron chi connectivity index (χ3n) is 5.68. The molecule has 2 atom stereocenters. The van der Waals surface area contributed by atoms with Gasteiger partial charge in [-0.05, 0) is 55.5 Å². The van der Waals surface area contributed by atoms with Gasteiger partial charge in [0.25, 0.3) is 0 Å². The Labute approximate surface area is 191 Å². The van der Waals surface area contributed by atoms with E-state index in [1.54, 1.807) is 16.7 Å². The molecule has 2 N–H and O–H groups in total. The van der Waals surface area contributed by atoms with Gasteiger partial charge in [-0.15, -0.1) is 10.2 Å². The first-order valence-electron chi connectivity index (χ1n) is 10.9. The van der Waals surface area contributed by atoms with Crippen molar-refractivity contribution >= 4 is 35.0 Å². The molecule has 3 heterocycles. The van der Waals surface area contributed by atoms with Crippen molar-refractivity contribution in [3.63, 3.8) is 0 Å². The number of carbonyl (C=O) groups is 2. The van der Waals surface area contributed by atoms with E-state index in [1.807, 2.05) is 65.4 Å². The number of likely N-dealkylation sites (tertiary alicyclic amines) is 1. The standard InChI is InChI=1S/C23H28N6O2S/c1-32-15-12-19(21-27-26-20-11-5-6-14-29(20)21)25-22(30)17-8-7-13-28(16-17)23(31)24-18-9-3-2-4-10-18/h2-6,9-11,14,17,19H,7-8,12-13,15-16H2,1H3,(H,24,31)(H,25,30). The number of rotatable bonds is 7. The lowest BCUT2D eigenvalue weighted by Crippen LogP contribution is -2.47. The van der Waals surface area contributed by atoms with Crippen LogP contribution in [0.5, 0.6) is 0 Å². The minimum Gasteiger partial charge on any atom is -0.346 e. The average molecular weight is 453 g/mol. The molecular weight excluding hydrogens is 424 g/mol. The predicted molar refractivity (Wildman–Crippen MR) is 127 cm³/mol. The summed E-state index contributed by atoms with van der Waals surface area (Å²) < 4.78 is 1.92. The topological polar surface area (TPSA) is 91.6 Å². The number of urea groups is 1. The molecule has 1 aliphatic rings. The number of hydrogen-bond acceptors (Lipinski definition) is 5. The number of benzene rings is 1. The Bertz CT molecular complexity index is 1060. The number of anilines is 1. The first-order chi connectivity index (χ1) is 15.7. The zero-order valence-electron chi connectivity index (χ0n) is 18.1. The first-order valence-corrected chi connectivity index (χ1v) is 12.2. The fraction of sp³-hybridized carbons (Fsp3) is 0.391. The number of nitrogens with one attached hydrogen (secondary N) is 2. The van der Waals surface area contributed by atoms with Crippen molar-refractivity contribution in [1.29, 1.82) is 0 Å². The van der Waals surface area contributed by atoms with Gasteiger partial charge in [0, 0.05) is 25.0 Å². The molecule has 4 rings (SSSR count). The fourth-order valence-corrected chi connectivity index (χ4v) is 4.46. The van der Waals surface area contributed by atoms with Gasteiger partial charge in [0.15, 0.2) is 11.5 Å². The Balaban J connectivity index is 1.43. The summed E-state index contributed by atoms with van der Waals surface area (Å²) in [4.78, 5) is 27.6. The zero-order valence-corrected chi connectivity index (χ0v) is 18.9. The second-order valence-electron chi connectivity index (χ2n) is 7.91. The lowest BCUT2D eigenvalue weighted by Gasteiger charge is -2.32. The highest BCUT2D eigenvalue weighted by Crippen LogP contribution is 2.22. The number of carbonyl (C=O) groups excluding carboxylic acids is 2. The third-order valence-corrected chi connectivity index (χ3v) is 6.33. The van der Waals surface area contributed by atoms with Crippen LogP contribution in [0.2, 0.25) is 0 Å². The van der Waals surface area contributed by atoms with E-state index in [0.717, 1.165) is 42.2 Å². The quantitative estimate of drug-likeness (QED) is 0.572. The van der Waals surface area contributed by atoms with Crippen molar-refractivity contribution in [2.24, 2.45) is 5.92 Å². The number of para-hydroxylation sites is 1. The number of pyridine rings is 1. The van der Waals surface area contributed by atoms with Gasteiger partial charge >= 0.3 is 6.03 Å². The summed E-state index contributed by atoms with van der Waals surface area (Å²) >= 11 is 1.73. The van der Waals surface area contributed by atoms with Gasteiger partial charge in [0.05, 0.1) is 12.0 Å². The maximum absolute atomic E-state index is 13.2. The van der Waals surface area contributed by atoms with E-state index in [1.165, 1.54) is 0 Å². The average Bonchev–Trinajstić information content (AvgIpc) is 3.26. The summed E-state index contributed by atoms with van der Waals surface area (Å²) in [6.07, 6.45) is 6.28. The lowest BCUT2D eigenvalue weighted by atomic mass is 9.96. The summed E-state index contributed by atoms with van der Waals surface area (Å²) in [6.45, 7) is 1.05. The summed E-state index contributed by atoms with van der Waals surface area (Å²) in [6, 6.07) is 14.7. The predicted octanol–water partition coefficient (Wildman–Crippen LogP) is 3.58. The molecule has 3 amide bonds. The van der Waals surface area contributed by atoms with Gasteiger partial charge in [-0.1, -0.05) is 24.3 Å². The molecule has 1 aromatic carbocycles. The minimum absolute atomic E-state index is 0.0407. The lowest BCUT2D eigenvalue weighted by molar-refractivity contribution is -0.127. The van der Waals surface area contributed by atoms with Gasteiger partial charge in [-0.25, -0.2) is 4.79 Å². The van der Waals surface area contributed by atoms with E-state index in [9.17, 15) is 9.59 Å². The molecule has 2 aromatic heterocycles. The number of nitrogens with zero attached hydrogens (tertiary/aromatic N) is 4. The second kappa shape index (κ2) is 10.5. The van der Waals surface area contributed by atoms with E-state index in [-0.39, 0.29) is 23.9 Å². The monoisotopic (exact) mass is 452 g/mol. The van der Waals surface area contributed by atoms with Crippen LogP contribution in [0.15, 0.2) is 54.7 Å². The summed E-state index contributed by atoms with van der Waals surface area (Å²) in [7, 11) is 0. The molecule has 0 aliphatic carbocycles. The van der Waals surface area contributed by atoms with E-state index >= 15 is 0 Å². The van der Waals surface area contributed by atoms with E-state index < -0.39 is 0 Å². The van der Waals surface area contributed by atoms with Gasteiger partial charge in [0.1, 0.15) is 0 Å². The molecule has 3 aromatic rings. The van der Waals surface area contributed by atoms with Crippen molar-refractivity contribution < 1.29 is 9.59 Å². The second-order valence-corrected chi connectivity index (χ2v) is 8.90. The summed E-state index contributed by atoms with van der Waals surface area (Å²) in [5.41, 5.74) is 1.51. The fourth-order valence-electron chi connectivity index (χ4n) is 3.99. The van der Waals surface area contributed by atoms with Crippen molar-refractivity contribution in [2.75, 3.05) is 30.4 Å². The number of aromatic nitrogens is 3.